The number of carboxylic acids is 1. The molecule has 1 aromatic heterocycles. The van der Waals surface area contributed by atoms with Gasteiger partial charge >= 0.3 is 5.97 Å². The van der Waals surface area contributed by atoms with Crippen LogP contribution in [-0.2, 0) is 17.8 Å². The lowest BCUT2D eigenvalue weighted by Crippen LogP contribution is -2.00. The van der Waals surface area contributed by atoms with E-state index in [2.05, 4.69) is 29.2 Å². The van der Waals surface area contributed by atoms with Crippen molar-refractivity contribution in [3.63, 3.8) is 0 Å². The van der Waals surface area contributed by atoms with Gasteiger partial charge in [0.25, 0.3) is 0 Å². The fourth-order valence-corrected chi connectivity index (χ4v) is 1.64. The van der Waals surface area contributed by atoms with E-state index >= 15 is 0 Å². The van der Waals surface area contributed by atoms with Gasteiger partial charge in [-0.05, 0) is 12.5 Å². The highest BCUT2D eigenvalue weighted by Gasteiger charge is 2.04. The molecule has 4 nitrogen and oxygen atoms in total. The minimum Gasteiger partial charge on any atom is -0.481 e. The summed E-state index contributed by atoms with van der Waals surface area (Å²) >= 11 is 0. The van der Waals surface area contributed by atoms with Crippen molar-refractivity contribution in [2.45, 2.75) is 19.9 Å². The third-order valence-corrected chi connectivity index (χ3v) is 2.50. The van der Waals surface area contributed by atoms with Crippen LogP contribution in [0.4, 0.5) is 0 Å². The monoisotopic (exact) mass is 230 g/mol. The molecule has 0 aliphatic heterocycles. The molecule has 0 atom stereocenters. The van der Waals surface area contributed by atoms with E-state index in [-0.39, 0.29) is 6.42 Å². The number of imidazole rings is 1. The van der Waals surface area contributed by atoms with E-state index in [1.807, 2.05) is 11.5 Å². The van der Waals surface area contributed by atoms with Crippen LogP contribution in [0.1, 0.15) is 16.8 Å². The van der Waals surface area contributed by atoms with Crippen LogP contribution in [-0.4, -0.2) is 20.6 Å². The molecule has 0 spiro atoms. The summed E-state index contributed by atoms with van der Waals surface area (Å²) in [4.78, 5) is 14.6. The predicted molar refractivity (Wildman–Crippen MR) is 63.8 cm³/mol. The smallest absolute Gasteiger partial charge is 0.309 e. The maximum atomic E-state index is 10.5. The number of carbonyl (C=O) groups is 1. The van der Waals surface area contributed by atoms with Gasteiger partial charge in [0.05, 0.1) is 18.4 Å². The second kappa shape index (κ2) is 4.82. The molecule has 1 N–H and O–H groups in total. The SMILES string of the molecule is Cc1ccc(Cn2cnc(CC(=O)O)c2)cc1. The van der Waals surface area contributed by atoms with Crippen LogP contribution in [0.15, 0.2) is 36.8 Å². The van der Waals surface area contributed by atoms with Crippen LogP contribution in [0, 0.1) is 6.92 Å². The quantitative estimate of drug-likeness (QED) is 0.872. The number of benzene rings is 1. The summed E-state index contributed by atoms with van der Waals surface area (Å²) in [5.74, 6) is -0.856. The first-order valence-electron chi connectivity index (χ1n) is 5.41. The van der Waals surface area contributed by atoms with E-state index < -0.39 is 5.97 Å². The van der Waals surface area contributed by atoms with Gasteiger partial charge in [0.2, 0.25) is 0 Å². The van der Waals surface area contributed by atoms with Crippen LogP contribution in [0.3, 0.4) is 0 Å². The first kappa shape index (κ1) is 11.4. The molecule has 2 rings (SSSR count). The molecule has 0 amide bonds. The van der Waals surface area contributed by atoms with E-state index in [9.17, 15) is 4.79 Å². The molecular formula is C13H14N2O2. The van der Waals surface area contributed by atoms with Crippen molar-refractivity contribution in [3.05, 3.63) is 53.6 Å². The predicted octanol–water partition coefficient (Wildman–Crippen LogP) is 1.87. The lowest BCUT2D eigenvalue weighted by molar-refractivity contribution is -0.136. The number of aliphatic carboxylic acids is 1. The fraction of sp³-hybridized carbons (Fsp3) is 0.231. The average Bonchev–Trinajstić information content (AvgIpc) is 2.68. The van der Waals surface area contributed by atoms with Crippen molar-refractivity contribution >= 4 is 5.97 Å². The number of carboxylic acid groups (broad SMARTS) is 1. The fourth-order valence-electron chi connectivity index (χ4n) is 1.64. The van der Waals surface area contributed by atoms with Crippen LogP contribution < -0.4 is 0 Å². The summed E-state index contributed by atoms with van der Waals surface area (Å²) in [6, 6.07) is 8.24. The van der Waals surface area contributed by atoms with Gasteiger partial charge in [-0.3, -0.25) is 4.79 Å². The highest BCUT2D eigenvalue weighted by atomic mass is 16.4. The lowest BCUT2D eigenvalue weighted by Gasteiger charge is -2.02. The summed E-state index contributed by atoms with van der Waals surface area (Å²) in [6.45, 7) is 2.76. The van der Waals surface area contributed by atoms with Crippen LogP contribution in [0.5, 0.6) is 0 Å². The number of rotatable bonds is 4. The van der Waals surface area contributed by atoms with Crippen molar-refractivity contribution in [2.24, 2.45) is 0 Å². The van der Waals surface area contributed by atoms with Gasteiger partial charge in [-0.15, -0.1) is 0 Å². The van der Waals surface area contributed by atoms with Crippen LogP contribution in [0.2, 0.25) is 0 Å². The van der Waals surface area contributed by atoms with Crippen LogP contribution >= 0.6 is 0 Å². The van der Waals surface area contributed by atoms with E-state index in [0.717, 1.165) is 0 Å². The molecule has 17 heavy (non-hydrogen) atoms. The maximum absolute atomic E-state index is 10.5. The van der Waals surface area contributed by atoms with Crippen molar-refractivity contribution in [2.75, 3.05) is 0 Å². The number of hydrogen-bond donors (Lipinski definition) is 1. The Bertz CT molecular complexity index is 514. The minimum absolute atomic E-state index is 0.0269. The van der Waals surface area contributed by atoms with E-state index in [0.29, 0.717) is 12.2 Å². The Labute approximate surface area is 99.5 Å². The second-order valence-electron chi connectivity index (χ2n) is 4.09. The lowest BCUT2D eigenvalue weighted by atomic mass is 10.1. The molecule has 1 heterocycles. The van der Waals surface area contributed by atoms with Gasteiger partial charge < -0.3 is 9.67 Å². The first-order chi connectivity index (χ1) is 8.13. The molecule has 0 aliphatic carbocycles. The largest absolute Gasteiger partial charge is 0.481 e. The first-order valence-corrected chi connectivity index (χ1v) is 5.41. The van der Waals surface area contributed by atoms with Crippen molar-refractivity contribution in [1.82, 2.24) is 9.55 Å². The third kappa shape index (κ3) is 3.17. The Balaban J connectivity index is 2.06. The van der Waals surface area contributed by atoms with Gasteiger partial charge in [0.1, 0.15) is 0 Å². The summed E-state index contributed by atoms with van der Waals surface area (Å²) < 4.78 is 1.89. The molecular weight excluding hydrogens is 216 g/mol. The molecule has 0 saturated heterocycles. The van der Waals surface area contributed by atoms with Gasteiger partial charge in [-0.25, -0.2) is 4.98 Å². The van der Waals surface area contributed by atoms with Gasteiger partial charge in [0, 0.05) is 12.7 Å². The average molecular weight is 230 g/mol. The van der Waals surface area contributed by atoms with Gasteiger partial charge in [-0.1, -0.05) is 29.8 Å². The molecule has 0 aliphatic rings. The summed E-state index contributed by atoms with van der Waals surface area (Å²) in [5, 5.41) is 8.65. The number of aryl methyl sites for hydroxylation is 1. The molecule has 88 valence electrons. The summed E-state index contributed by atoms with van der Waals surface area (Å²) in [7, 11) is 0. The topological polar surface area (TPSA) is 55.1 Å². The minimum atomic E-state index is -0.856. The summed E-state index contributed by atoms with van der Waals surface area (Å²) in [5.41, 5.74) is 2.99. The van der Waals surface area contributed by atoms with Crippen molar-refractivity contribution in [1.29, 1.82) is 0 Å². The highest BCUT2D eigenvalue weighted by molar-refractivity contribution is 5.69. The van der Waals surface area contributed by atoms with Gasteiger partial charge in [0.15, 0.2) is 0 Å². The zero-order valence-corrected chi connectivity index (χ0v) is 9.63. The van der Waals surface area contributed by atoms with E-state index in [1.165, 1.54) is 11.1 Å². The molecule has 0 fully saturated rings. The van der Waals surface area contributed by atoms with Crippen molar-refractivity contribution < 1.29 is 9.90 Å². The van der Waals surface area contributed by atoms with E-state index in [1.54, 1.807) is 12.5 Å². The molecule has 0 radical (unpaired) electrons. The molecule has 1 aromatic carbocycles. The Kier molecular flexibility index (Phi) is 3.23. The highest BCUT2D eigenvalue weighted by Crippen LogP contribution is 2.06. The van der Waals surface area contributed by atoms with Crippen molar-refractivity contribution in [3.8, 4) is 0 Å². The Morgan fingerprint density at radius 2 is 2.06 bits per heavy atom. The standard InChI is InChI=1S/C13H14N2O2/c1-10-2-4-11(5-3-10)7-15-8-12(14-9-15)6-13(16)17/h2-5,8-9H,6-7H2,1H3,(H,16,17). The number of nitrogens with zero attached hydrogens (tertiary/aromatic N) is 2. The number of aromatic nitrogens is 2. The zero-order chi connectivity index (χ0) is 12.3. The molecule has 0 saturated carbocycles. The Hall–Kier alpha value is -2.10. The van der Waals surface area contributed by atoms with Crippen LogP contribution in [0.25, 0.3) is 0 Å². The normalized spacial score (nSPS) is 10.4. The maximum Gasteiger partial charge on any atom is 0.309 e. The Morgan fingerprint density at radius 1 is 1.35 bits per heavy atom. The van der Waals surface area contributed by atoms with E-state index in [4.69, 9.17) is 5.11 Å². The Morgan fingerprint density at radius 3 is 2.71 bits per heavy atom. The number of hydrogen-bond acceptors (Lipinski definition) is 2. The molecule has 0 unspecified atom stereocenters. The second-order valence-corrected chi connectivity index (χ2v) is 4.09. The molecule has 4 heteroatoms. The summed E-state index contributed by atoms with van der Waals surface area (Å²) in [6.07, 6.45) is 3.41. The zero-order valence-electron chi connectivity index (χ0n) is 9.63. The van der Waals surface area contributed by atoms with Gasteiger partial charge in [-0.2, -0.15) is 0 Å². The molecule has 0 bridgehead atoms. The molecule has 2 aromatic rings. The third-order valence-electron chi connectivity index (χ3n) is 2.50.